The van der Waals surface area contributed by atoms with Gasteiger partial charge in [0.25, 0.3) is 0 Å². The van der Waals surface area contributed by atoms with Crippen molar-refractivity contribution in [2.45, 2.75) is 47.0 Å². The van der Waals surface area contributed by atoms with Crippen LogP contribution in [0.25, 0.3) is 20.2 Å². The van der Waals surface area contributed by atoms with E-state index in [9.17, 15) is 24.0 Å². The molecule has 0 spiro atoms. The van der Waals surface area contributed by atoms with E-state index >= 15 is 0 Å². The fraction of sp³-hybridized carbons (Fsp3) is 0.387. The first-order valence-electron chi connectivity index (χ1n) is 14.5. The molecule has 1 aliphatic rings. The molecule has 47 heavy (non-hydrogen) atoms. The van der Waals surface area contributed by atoms with Gasteiger partial charge < -0.3 is 4.74 Å². The summed E-state index contributed by atoms with van der Waals surface area (Å²) in [6, 6.07) is 5.21. The number of carbonyl (C=O) groups excluding carboxylic acids is 5. The van der Waals surface area contributed by atoms with Crippen molar-refractivity contribution in [3.05, 3.63) is 52.1 Å². The van der Waals surface area contributed by atoms with Crippen LogP contribution in [-0.2, 0) is 30.3 Å². The average molecular weight is 806 g/mol. The molecule has 11 nitrogen and oxygen atoms in total. The summed E-state index contributed by atoms with van der Waals surface area (Å²) in [5.41, 5.74) is 2.49. The fourth-order valence-electron chi connectivity index (χ4n) is 5.06. The van der Waals surface area contributed by atoms with Crippen LogP contribution in [0.2, 0.25) is 0 Å². The van der Waals surface area contributed by atoms with Gasteiger partial charge in [0.1, 0.15) is 0 Å². The molecule has 0 N–H and O–H groups in total. The summed E-state index contributed by atoms with van der Waals surface area (Å²) in [4.78, 5) is 75.3. The number of nitrogens with zero attached hydrogens (tertiary/aromatic N) is 4. The molecule has 0 bridgehead atoms. The van der Waals surface area contributed by atoms with Gasteiger partial charge in [-0.25, -0.2) is 0 Å². The summed E-state index contributed by atoms with van der Waals surface area (Å²) in [6.07, 6.45) is 1.44. The van der Waals surface area contributed by atoms with Crippen LogP contribution in [0.3, 0.4) is 0 Å². The number of hydrogen-bond donors (Lipinski definition) is 0. The normalized spacial score (nSPS) is 13.6. The first kappa shape index (κ1) is 36.7. The standard InChI is InChI=1S/C31H33BIN4O7PS2/c1-17-12-22(38)18(2)26(27(17)41)31(3,4)15-24(39)36(5)10-7-11-37(32-45-33)30(42)44-20-8-9-21-23(14-20)47-29(35-21)28-34-19(16-46-28)13-25(40)43-6/h8-9,12,14,16H,7,10-11,13,15H2,1-6H3. The van der Waals surface area contributed by atoms with Crippen LogP contribution in [0.4, 0.5) is 4.79 Å². The van der Waals surface area contributed by atoms with Crippen LogP contribution in [0.1, 0.15) is 46.2 Å². The topological polar surface area (TPSA) is 136 Å². The van der Waals surface area contributed by atoms with Gasteiger partial charge in [0.15, 0.2) is 0 Å². The fourth-order valence-corrected chi connectivity index (χ4v) is 8.12. The van der Waals surface area contributed by atoms with E-state index in [0.717, 1.165) is 15.9 Å². The molecule has 246 valence electrons. The van der Waals surface area contributed by atoms with Crippen LogP contribution in [0, 0.1) is 5.41 Å². The van der Waals surface area contributed by atoms with Crippen LogP contribution in [0.15, 0.2) is 46.4 Å². The zero-order valence-corrected chi connectivity index (χ0v) is 31.5. The molecule has 0 aliphatic heterocycles. The minimum atomic E-state index is -0.824. The van der Waals surface area contributed by atoms with Crippen LogP contribution in [0.5, 0.6) is 5.75 Å². The van der Waals surface area contributed by atoms with Crippen molar-refractivity contribution in [1.29, 1.82) is 0 Å². The quantitative estimate of drug-likeness (QED) is 0.0666. The monoisotopic (exact) mass is 806 g/mol. The maximum absolute atomic E-state index is 13.2. The van der Waals surface area contributed by atoms with Crippen molar-refractivity contribution in [2.75, 3.05) is 27.2 Å². The zero-order chi connectivity index (χ0) is 34.5. The van der Waals surface area contributed by atoms with E-state index in [0.29, 0.717) is 57.7 Å². The molecule has 0 saturated heterocycles. The molecule has 0 atom stereocenters. The first-order valence-corrected chi connectivity index (χ1v) is 20.0. The molecule has 0 radical (unpaired) electrons. The Morgan fingerprint density at radius 2 is 1.85 bits per heavy atom. The van der Waals surface area contributed by atoms with Gasteiger partial charge in [-0.3, -0.25) is 4.79 Å². The second kappa shape index (κ2) is 15.8. The molecule has 0 unspecified atom stereocenters. The van der Waals surface area contributed by atoms with Gasteiger partial charge >= 0.3 is 281 Å². The maximum atomic E-state index is 13.2. The molecular weight excluding hydrogens is 773 g/mol. The molecule has 1 aliphatic carbocycles. The van der Waals surface area contributed by atoms with Crippen molar-refractivity contribution >= 4 is 96.9 Å². The van der Waals surface area contributed by atoms with Gasteiger partial charge in [-0.1, -0.05) is 0 Å². The predicted molar refractivity (Wildman–Crippen MR) is 193 cm³/mol. The van der Waals surface area contributed by atoms with Gasteiger partial charge in [-0.05, 0) is 0 Å². The Balaban J connectivity index is 1.34. The summed E-state index contributed by atoms with van der Waals surface area (Å²) in [6.45, 7) is 9.27. The van der Waals surface area contributed by atoms with E-state index < -0.39 is 11.5 Å². The SMILES string of the molecule is COC(=O)Cc1csc(-c2nc3ccc(OC(=O)N(B=PI)CCCN(C)C(=O)CC(C)(C)C4=C(C)C(=O)C=C(C)C4=O)cc3s2)n1. The Kier molecular flexibility index (Phi) is 12.4. The summed E-state index contributed by atoms with van der Waals surface area (Å²) in [5.74, 6) is -0.566. The first-order chi connectivity index (χ1) is 22.2. The molecule has 1 aromatic carbocycles. The van der Waals surface area contributed by atoms with Crippen LogP contribution >= 0.6 is 50.4 Å². The Morgan fingerprint density at radius 3 is 2.55 bits per heavy atom. The Morgan fingerprint density at radius 1 is 1.11 bits per heavy atom. The van der Waals surface area contributed by atoms with Crippen molar-refractivity contribution < 1.29 is 33.4 Å². The van der Waals surface area contributed by atoms with Crippen molar-refractivity contribution in [2.24, 2.45) is 5.41 Å². The number of fused-ring (bicyclic) bond motifs is 1. The van der Waals surface area contributed by atoms with Gasteiger partial charge in [-0.2, -0.15) is 0 Å². The number of Topliss-reactive ketones (excluding diaryl/α,β-unsaturated/α-hetero) is 1. The molecule has 2 amide bonds. The molecule has 2 heterocycles. The average Bonchev–Trinajstić information content (AvgIpc) is 3.66. The van der Waals surface area contributed by atoms with E-state index in [1.807, 2.05) is 0 Å². The van der Waals surface area contributed by atoms with Crippen molar-refractivity contribution in [3.8, 4) is 15.8 Å². The van der Waals surface area contributed by atoms with E-state index in [4.69, 9.17) is 9.47 Å². The Bertz CT molecular complexity index is 1830. The second-order valence-electron chi connectivity index (χ2n) is 11.6. The summed E-state index contributed by atoms with van der Waals surface area (Å²) < 4.78 is 11.2. The number of benzene rings is 1. The number of ketones is 2. The van der Waals surface area contributed by atoms with Gasteiger partial charge in [0.05, 0.1) is 7.11 Å². The number of halogens is 1. The summed E-state index contributed by atoms with van der Waals surface area (Å²) >= 11 is 4.92. The third-order valence-electron chi connectivity index (χ3n) is 7.54. The number of rotatable bonds is 12. The van der Waals surface area contributed by atoms with Gasteiger partial charge in [0, 0.05) is 0 Å². The zero-order valence-electron chi connectivity index (χ0n) is 26.8. The molecule has 0 fully saturated rings. The van der Waals surface area contributed by atoms with E-state index in [2.05, 4.69) is 32.0 Å². The van der Waals surface area contributed by atoms with Crippen LogP contribution in [-0.4, -0.2) is 83.2 Å². The van der Waals surface area contributed by atoms with E-state index in [1.165, 1.54) is 40.7 Å². The molecule has 2 aromatic heterocycles. The number of hydrogen-bond acceptors (Lipinski definition) is 11. The van der Waals surface area contributed by atoms with E-state index in [-0.39, 0.29) is 36.3 Å². The summed E-state index contributed by atoms with van der Waals surface area (Å²) in [5, 5.41) is 3.19. The van der Waals surface area contributed by atoms with Gasteiger partial charge in [0.2, 0.25) is 0 Å². The number of carbonyl (C=O) groups is 5. The van der Waals surface area contributed by atoms with Gasteiger partial charge in [-0.15, -0.1) is 0 Å². The third kappa shape index (κ3) is 9.06. The molecular formula is C31H33BIN4O7PS2. The molecule has 4 rings (SSSR count). The number of ether oxygens (including phenoxy) is 2. The Hall–Kier alpha value is -3.14. The van der Waals surface area contributed by atoms with Crippen molar-refractivity contribution in [1.82, 2.24) is 19.7 Å². The number of aromatic nitrogens is 2. The molecule has 16 heteroatoms. The van der Waals surface area contributed by atoms with Crippen LogP contribution < -0.4 is 4.74 Å². The minimum absolute atomic E-state index is 0.0612. The van der Waals surface area contributed by atoms with E-state index in [1.54, 1.807) is 70.0 Å². The number of thiazole rings is 2. The Labute approximate surface area is 295 Å². The van der Waals surface area contributed by atoms with Crippen molar-refractivity contribution in [3.63, 3.8) is 0 Å². The molecule has 3 aromatic rings. The number of amides is 2. The number of methoxy groups -OCH3 is 1. The number of esters is 1. The molecule has 0 saturated carbocycles. The third-order valence-corrected chi connectivity index (χ3v) is 10.7. The summed E-state index contributed by atoms with van der Waals surface area (Å²) in [7, 11) is 3.02. The second-order valence-corrected chi connectivity index (χ2v) is 15.6. The predicted octanol–water partition coefficient (Wildman–Crippen LogP) is 6.45. The number of allylic oxidation sites excluding steroid dienone is 4.